The van der Waals surface area contributed by atoms with Gasteiger partial charge in [0.1, 0.15) is 6.61 Å². The molecule has 0 unspecified atom stereocenters. The predicted octanol–water partition coefficient (Wildman–Crippen LogP) is 4.58. The van der Waals surface area contributed by atoms with Crippen molar-refractivity contribution in [2.24, 2.45) is 0 Å². The van der Waals surface area contributed by atoms with Gasteiger partial charge < -0.3 is 9.84 Å². The Morgan fingerprint density at radius 1 is 0.862 bits per heavy atom. The zero-order valence-electron chi connectivity index (χ0n) is 15.6. The lowest BCUT2D eigenvalue weighted by atomic mass is 9.98. The molecule has 1 amide bonds. The molecule has 3 aromatic carbocycles. The van der Waals surface area contributed by atoms with Crippen LogP contribution in [0.15, 0.2) is 72.8 Å². The van der Waals surface area contributed by atoms with Crippen LogP contribution in [0.3, 0.4) is 0 Å². The standard InChI is InChI=1S/C24H19NO4/c26-23(27)22-16-8-2-1-7-15(16)13-25(22)24(28)29-14-21-19-11-5-3-9-17(19)18-10-4-6-12-20(18)21/h1-12,21-22H,13-14H2,(H,26,27)/t22-/m0/s1. The lowest BCUT2D eigenvalue weighted by Crippen LogP contribution is -2.35. The number of ether oxygens (including phenoxy) is 1. The maximum Gasteiger partial charge on any atom is 0.411 e. The zero-order valence-corrected chi connectivity index (χ0v) is 15.6. The third kappa shape index (κ3) is 2.78. The molecule has 0 fully saturated rings. The van der Waals surface area contributed by atoms with Crippen molar-refractivity contribution in [3.8, 4) is 11.1 Å². The molecule has 1 N–H and O–H groups in total. The van der Waals surface area contributed by atoms with Gasteiger partial charge >= 0.3 is 12.1 Å². The molecule has 0 spiro atoms. The highest BCUT2D eigenvalue weighted by atomic mass is 16.6. The number of nitrogens with zero attached hydrogens (tertiary/aromatic N) is 1. The second-order valence-corrected chi connectivity index (χ2v) is 7.37. The molecule has 5 heteroatoms. The average molecular weight is 385 g/mol. The number of hydrogen-bond donors (Lipinski definition) is 1. The van der Waals surface area contributed by atoms with Crippen LogP contribution < -0.4 is 0 Å². The Morgan fingerprint density at radius 2 is 1.41 bits per heavy atom. The van der Waals surface area contributed by atoms with Gasteiger partial charge in [-0.15, -0.1) is 0 Å². The SMILES string of the molecule is O=C(O)[C@@H]1c2ccccc2CN1C(=O)OCC1c2ccccc2-c2ccccc21. The summed E-state index contributed by atoms with van der Waals surface area (Å²) in [4.78, 5) is 26.0. The molecule has 5 rings (SSSR count). The van der Waals surface area contributed by atoms with E-state index in [1.807, 2.05) is 36.4 Å². The van der Waals surface area contributed by atoms with Crippen molar-refractivity contribution in [3.63, 3.8) is 0 Å². The van der Waals surface area contributed by atoms with Crippen LogP contribution in [0.1, 0.15) is 34.2 Å². The molecule has 2 aliphatic rings. The number of carboxylic acid groups (broad SMARTS) is 1. The number of amides is 1. The Morgan fingerprint density at radius 3 is 2.03 bits per heavy atom. The molecule has 0 bridgehead atoms. The average Bonchev–Trinajstić information content (AvgIpc) is 3.28. The van der Waals surface area contributed by atoms with Crippen LogP contribution in [-0.4, -0.2) is 28.7 Å². The van der Waals surface area contributed by atoms with Crippen LogP contribution in [0.2, 0.25) is 0 Å². The first-order valence-corrected chi connectivity index (χ1v) is 9.57. The second kappa shape index (κ2) is 6.78. The highest BCUT2D eigenvalue weighted by Crippen LogP contribution is 2.44. The highest BCUT2D eigenvalue weighted by molar-refractivity contribution is 5.84. The van der Waals surface area contributed by atoms with E-state index >= 15 is 0 Å². The van der Waals surface area contributed by atoms with Crippen molar-refractivity contribution in [1.29, 1.82) is 0 Å². The molecule has 29 heavy (non-hydrogen) atoms. The smallest absolute Gasteiger partial charge is 0.411 e. The maximum atomic E-state index is 12.8. The molecule has 1 atom stereocenters. The highest BCUT2D eigenvalue weighted by Gasteiger charge is 2.40. The van der Waals surface area contributed by atoms with Crippen LogP contribution in [0, 0.1) is 0 Å². The van der Waals surface area contributed by atoms with Crippen LogP contribution in [0.4, 0.5) is 4.79 Å². The number of carboxylic acids is 1. The largest absolute Gasteiger partial charge is 0.479 e. The summed E-state index contributed by atoms with van der Waals surface area (Å²) in [7, 11) is 0. The van der Waals surface area contributed by atoms with E-state index in [0.717, 1.165) is 27.8 Å². The number of rotatable bonds is 3. The fourth-order valence-electron chi connectivity index (χ4n) is 4.50. The molecule has 144 valence electrons. The second-order valence-electron chi connectivity index (χ2n) is 7.37. The molecule has 0 aromatic heterocycles. The molecule has 1 aliphatic carbocycles. The van der Waals surface area contributed by atoms with Crippen molar-refractivity contribution in [3.05, 3.63) is 95.1 Å². The fourth-order valence-corrected chi connectivity index (χ4v) is 4.50. The minimum absolute atomic E-state index is 0.0559. The summed E-state index contributed by atoms with van der Waals surface area (Å²) >= 11 is 0. The third-order valence-corrected chi connectivity index (χ3v) is 5.81. The normalized spacial score (nSPS) is 16.8. The molecule has 3 aromatic rings. The molecule has 1 aliphatic heterocycles. The Bertz CT molecular complexity index is 1080. The summed E-state index contributed by atoms with van der Waals surface area (Å²) in [6.45, 7) is 0.413. The van der Waals surface area contributed by atoms with E-state index in [1.165, 1.54) is 4.90 Å². The summed E-state index contributed by atoms with van der Waals surface area (Å²) in [6, 6.07) is 22.5. The maximum absolute atomic E-state index is 12.8. The molecular weight excluding hydrogens is 366 g/mol. The Balaban J connectivity index is 1.38. The van der Waals surface area contributed by atoms with E-state index in [9.17, 15) is 14.7 Å². The van der Waals surface area contributed by atoms with Gasteiger partial charge in [0.05, 0.1) is 6.54 Å². The minimum Gasteiger partial charge on any atom is -0.479 e. The van der Waals surface area contributed by atoms with Crippen molar-refractivity contribution >= 4 is 12.1 Å². The number of hydrogen-bond acceptors (Lipinski definition) is 3. The number of fused-ring (bicyclic) bond motifs is 4. The summed E-state index contributed by atoms with van der Waals surface area (Å²) in [5.74, 6) is -1.11. The number of aliphatic carboxylic acids is 1. The third-order valence-electron chi connectivity index (χ3n) is 5.81. The summed E-state index contributed by atoms with van der Waals surface area (Å²) in [6.07, 6.45) is -0.601. The Hall–Kier alpha value is -3.60. The lowest BCUT2D eigenvalue weighted by molar-refractivity contribution is -0.142. The summed E-state index contributed by atoms with van der Waals surface area (Å²) in [5, 5.41) is 9.67. The van der Waals surface area contributed by atoms with Gasteiger partial charge in [-0.3, -0.25) is 4.90 Å². The molecule has 0 saturated carbocycles. The summed E-state index contributed by atoms with van der Waals surface area (Å²) < 4.78 is 5.66. The van der Waals surface area contributed by atoms with Gasteiger partial charge in [-0.25, -0.2) is 9.59 Å². The van der Waals surface area contributed by atoms with E-state index in [-0.39, 0.29) is 19.1 Å². The fraction of sp³-hybridized carbons (Fsp3) is 0.167. The van der Waals surface area contributed by atoms with Crippen molar-refractivity contribution in [2.45, 2.75) is 18.5 Å². The van der Waals surface area contributed by atoms with E-state index < -0.39 is 18.1 Å². The Labute approximate surface area is 168 Å². The van der Waals surface area contributed by atoms with E-state index in [1.54, 1.807) is 12.1 Å². The van der Waals surface area contributed by atoms with Gasteiger partial charge in [-0.1, -0.05) is 72.8 Å². The van der Waals surface area contributed by atoms with E-state index in [2.05, 4.69) is 24.3 Å². The monoisotopic (exact) mass is 385 g/mol. The van der Waals surface area contributed by atoms with Gasteiger partial charge in [-0.05, 0) is 33.4 Å². The topological polar surface area (TPSA) is 66.8 Å². The van der Waals surface area contributed by atoms with Crippen LogP contribution >= 0.6 is 0 Å². The van der Waals surface area contributed by atoms with E-state index in [0.29, 0.717) is 5.56 Å². The zero-order chi connectivity index (χ0) is 20.0. The molecule has 5 nitrogen and oxygen atoms in total. The number of benzene rings is 3. The molecular formula is C24H19NO4. The van der Waals surface area contributed by atoms with Crippen LogP contribution in [-0.2, 0) is 16.1 Å². The van der Waals surface area contributed by atoms with E-state index in [4.69, 9.17) is 4.74 Å². The van der Waals surface area contributed by atoms with Crippen molar-refractivity contribution < 1.29 is 19.4 Å². The summed E-state index contributed by atoms with van der Waals surface area (Å²) in [5.41, 5.74) is 6.05. The van der Waals surface area contributed by atoms with Crippen molar-refractivity contribution in [2.75, 3.05) is 6.61 Å². The van der Waals surface area contributed by atoms with Gasteiger partial charge in [-0.2, -0.15) is 0 Å². The first-order valence-electron chi connectivity index (χ1n) is 9.57. The first-order chi connectivity index (χ1) is 14.1. The molecule has 1 heterocycles. The van der Waals surface area contributed by atoms with Gasteiger partial charge in [0.15, 0.2) is 6.04 Å². The van der Waals surface area contributed by atoms with Gasteiger partial charge in [0, 0.05) is 5.92 Å². The first kappa shape index (κ1) is 17.5. The van der Waals surface area contributed by atoms with Gasteiger partial charge in [0.25, 0.3) is 0 Å². The predicted molar refractivity (Wildman–Crippen MR) is 107 cm³/mol. The lowest BCUT2D eigenvalue weighted by Gasteiger charge is -2.23. The van der Waals surface area contributed by atoms with Crippen LogP contribution in [0.5, 0.6) is 0 Å². The van der Waals surface area contributed by atoms with Crippen LogP contribution in [0.25, 0.3) is 11.1 Å². The van der Waals surface area contributed by atoms with Gasteiger partial charge in [0.2, 0.25) is 0 Å². The van der Waals surface area contributed by atoms with Crippen molar-refractivity contribution in [1.82, 2.24) is 4.90 Å². The minimum atomic E-state index is -1.05. The Kier molecular flexibility index (Phi) is 4.09. The molecule has 0 radical (unpaired) electrons. The quantitative estimate of drug-likeness (QED) is 0.717. The number of carbonyl (C=O) groups excluding carboxylic acids is 1. The number of carbonyl (C=O) groups is 2. The molecule has 0 saturated heterocycles.